The van der Waals surface area contributed by atoms with Gasteiger partial charge in [-0.15, -0.1) is 0 Å². The van der Waals surface area contributed by atoms with E-state index in [2.05, 4.69) is 10.6 Å². The first-order valence-corrected chi connectivity index (χ1v) is 4.48. The normalized spacial score (nSPS) is 22.0. The number of carboxylic acids is 2. The minimum absolute atomic E-state index is 0.568. The summed E-state index contributed by atoms with van der Waals surface area (Å²) in [5, 5.41) is 21.7. The van der Waals surface area contributed by atoms with Crippen molar-refractivity contribution in [2.75, 3.05) is 19.6 Å². The van der Waals surface area contributed by atoms with Gasteiger partial charge in [0.25, 0.3) is 0 Å². The summed E-state index contributed by atoms with van der Waals surface area (Å²) in [4.78, 5) is 18.2. The van der Waals surface area contributed by atoms with Gasteiger partial charge in [-0.25, -0.2) is 9.59 Å². The molecule has 1 spiro atoms. The lowest BCUT2D eigenvalue weighted by Crippen LogP contribution is -2.50. The number of rotatable bonds is 0. The van der Waals surface area contributed by atoms with Crippen molar-refractivity contribution < 1.29 is 19.8 Å². The van der Waals surface area contributed by atoms with Crippen molar-refractivity contribution in [2.45, 2.75) is 18.4 Å². The van der Waals surface area contributed by atoms with Crippen LogP contribution >= 0.6 is 0 Å². The van der Waals surface area contributed by atoms with E-state index < -0.39 is 11.9 Å². The first kappa shape index (κ1) is 10.9. The molecule has 2 aliphatic rings. The molecular formula is C8H14N2O4. The van der Waals surface area contributed by atoms with Gasteiger partial charge in [0.1, 0.15) is 0 Å². The topological polar surface area (TPSA) is 98.7 Å². The highest BCUT2D eigenvalue weighted by atomic mass is 16.4. The van der Waals surface area contributed by atoms with Gasteiger partial charge in [-0.3, -0.25) is 0 Å². The Labute approximate surface area is 81.3 Å². The van der Waals surface area contributed by atoms with Crippen molar-refractivity contribution in [1.82, 2.24) is 10.6 Å². The van der Waals surface area contributed by atoms with E-state index in [9.17, 15) is 0 Å². The second-order valence-electron chi connectivity index (χ2n) is 3.49. The molecule has 1 heterocycles. The van der Waals surface area contributed by atoms with E-state index in [1.165, 1.54) is 25.9 Å². The van der Waals surface area contributed by atoms with Gasteiger partial charge in [-0.1, -0.05) is 0 Å². The Bertz CT molecular complexity index is 217. The molecule has 4 N–H and O–H groups in total. The number of nitrogens with one attached hydrogen (secondary N) is 2. The van der Waals surface area contributed by atoms with Crippen LogP contribution in [0.25, 0.3) is 0 Å². The molecule has 0 radical (unpaired) electrons. The third-order valence-electron chi connectivity index (χ3n) is 2.30. The molecule has 1 aliphatic heterocycles. The summed E-state index contributed by atoms with van der Waals surface area (Å²) < 4.78 is 0. The average molecular weight is 202 g/mol. The highest BCUT2D eigenvalue weighted by Crippen LogP contribution is 2.34. The predicted molar refractivity (Wildman–Crippen MR) is 48.1 cm³/mol. The molecule has 0 bridgehead atoms. The number of carbonyl (C=O) groups is 2. The van der Waals surface area contributed by atoms with Crippen LogP contribution < -0.4 is 10.6 Å². The zero-order valence-electron chi connectivity index (χ0n) is 7.75. The summed E-state index contributed by atoms with van der Waals surface area (Å²) in [6, 6.07) is 0. The number of piperazine rings is 1. The summed E-state index contributed by atoms with van der Waals surface area (Å²) in [7, 11) is 0. The quantitative estimate of drug-likeness (QED) is 0.371. The zero-order valence-corrected chi connectivity index (χ0v) is 7.75. The fourth-order valence-corrected chi connectivity index (χ4v) is 1.31. The Balaban J connectivity index is 0.000000149. The van der Waals surface area contributed by atoms with E-state index in [-0.39, 0.29) is 0 Å². The SMILES string of the molecule is C1CNC2(CC2)CN1.O=C(O)C(=O)O. The van der Waals surface area contributed by atoms with Gasteiger partial charge in [-0.2, -0.15) is 0 Å². The lowest BCUT2D eigenvalue weighted by Gasteiger charge is -2.23. The molecule has 1 saturated heterocycles. The summed E-state index contributed by atoms with van der Waals surface area (Å²) in [5.41, 5.74) is 0.568. The minimum atomic E-state index is -1.82. The second kappa shape index (κ2) is 4.39. The third kappa shape index (κ3) is 3.31. The fraction of sp³-hybridized carbons (Fsp3) is 0.750. The Hall–Kier alpha value is -1.14. The van der Waals surface area contributed by atoms with Crippen LogP contribution in [-0.2, 0) is 9.59 Å². The van der Waals surface area contributed by atoms with Crippen molar-refractivity contribution in [3.8, 4) is 0 Å². The molecule has 0 aromatic rings. The van der Waals surface area contributed by atoms with Gasteiger partial charge in [0.15, 0.2) is 0 Å². The lowest BCUT2D eigenvalue weighted by atomic mass is 10.2. The number of carboxylic acid groups (broad SMARTS) is 2. The van der Waals surface area contributed by atoms with E-state index in [0.717, 1.165) is 6.54 Å². The van der Waals surface area contributed by atoms with E-state index in [1.54, 1.807) is 0 Å². The summed E-state index contributed by atoms with van der Waals surface area (Å²) >= 11 is 0. The number of aliphatic carboxylic acids is 2. The van der Waals surface area contributed by atoms with Crippen LogP contribution in [0, 0.1) is 0 Å². The molecule has 0 aromatic carbocycles. The summed E-state index contributed by atoms with van der Waals surface area (Å²) in [6.07, 6.45) is 2.78. The van der Waals surface area contributed by atoms with E-state index in [0.29, 0.717) is 5.54 Å². The minimum Gasteiger partial charge on any atom is -0.473 e. The first-order valence-electron chi connectivity index (χ1n) is 4.48. The van der Waals surface area contributed by atoms with E-state index >= 15 is 0 Å². The lowest BCUT2D eigenvalue weighted by molar-refractivity contribution is -0.159. The Morgan fingerprint density at radius 2 is 1.64 bits per heavy atom. The second-order valence-corrected chi connectivity index (χ2v) is 3.49. The molecule has 14 heavy (non-hydrogen) atoms. The molecule has 0 aromatic heterocycles. The Morgan fingerprint density at radius 3 is 1.86 bits per heavy atom. The molecule has 2 rings (SSSR count). The van der Waals surface area contributed by atoms with Crippen molar-refractivity contribution in [3.05, 3.63) is 0 Å². The molecule has 80 valence electrons. The van der Waals surface area contributed by atoms with Gasteiger partial charge in [-0.05, 0) is 12.8 Å². The van der Waals surface area contributed by atoms with Crippen LogP contribution in [0.2, 0.25) is 0 Å². The largest absolute Gasteiger partial charge is 0.473 e. The molecular weight excluding hydrogens is 188 g/mol. The van der Waals surface area contributed by atoms with Crippen LogP contribution in [0.15, 0.2) is 0 Å². The maximum atomic E-state index is 9.10. The average Bonchev–Trinajstić information content (AvgIpc) is 2.87. The molecule has 2 fully saturated rings. The first-order chi connectivity index (χ1) is 6.56. The molecule has 0 atom stereocenters. The molecule has 1 saturated carbocycles. The van der Waals surface area contributed by atoms with Crippen LogP contribution in [0.3, 0.4) is 0 Å². The Morgan fingerprint density at radius 1 is 1.07 bits per heavy atom. The molecule has 1 aliphatic carbocycles. The van der Waals surface area contributed by atoms with Gasteiger partial charge >= 0.3 is 11.9 Å². The maximum Gasteiger partial charge on any atom is 0.414 e. The molecule has 6 heteroatoms. The molecule has 0 amide bonds. The third-order valence-corrected chi connectivity index (χ3v) is 2.30. The summed E-state index contributed by atoms with van der Waals surface area (Å²) in [5.74, 6) is -3.65. The van der Waals surface area contributed by atoms with Crippen molar-refractivity contribution >= 4 is 11.9 Å². The monoisotopic (exact) mass is 202 g/mol. The molecule has 6 nitrogen and oxygen atoms in total. The van der Waals surface area contributed by atoms with Crippen molar-refractivity contribution in [3.63, 3.8) is 0 Å². The number of hydrogen-bond acceptors (Lipinski definition) is 4. The highest BCUT2D eigenvalue weighted by Gasteiger charge is 2.42. The molecule has 0 unspecified atom stereocenters. The van der Waals surface area contributed by atoms with Crippen LogP contribution in [0.1, 0.15) is 12.8 Å². The highest BCUT2D eigenvalue weighted by molar-refractivity contribution is 6.27. The smallest absolute Gasteiger partial charge is 0.414 e. The zero-order chi connectivity index (χ0) is 10.6. The van der Waals surface area contributed by atoms with E-state index in [1.807, 2.05) is 0 Å². The van der Waals surface area contributed by atoms with Gasteiger partial charge < -0.3 is 20.8 Å². The standard InChI is InChI=1S/C6H12N2.C2H2O4/c1-2-6(1)5-7-3-4-8-6;3-1(4)2(5)6/h7-8H,1-5H2;(H,3,4)(H,5,6). The fourth-order valence-electron chi connectivity index (χ4n) is 1.31. The predicted octanol–water partition coefficient (Wildman–Crippen LogP) is -1.13. The Kier molecular flexibility index (Phi) is 3.43. The maximum absolute atomic E-state index is 9.10. The van der Waals surface area contributed by atoms with E-state index in [4.69, 9.17) is 19.8 Å². The number of hydrogen-bond donors (Lipinski definition) is 4. The van der Waals surface area contributed by atoms with Crippen LogP contribution in [0.5, 0.6) is 0 Å². The summed E-state index contributed by atoms with van der Waals surface area (Å²) in [6.45, 7) is 3.52. The van der Waals surface area contributed by atoms with Gasteiger partial charge in [0.05, 0.1) is 0 Å². The van der Waals surface area contributed by atoms with Crippen molar-refractivity contribution in [1.29, 1.82) is 0 Å². The van der Waals surface area contributed by atoms with Gasteiger partial charge in [0, 0.05) is 25.2 Å². The van der Waals surface area contributed by atoms with Crippen molar-refractivity contribution in [2.24, 2.45) is 0 Å². The van der Waals surface area contributed by atoms with Crippen LogP contribution in [0.4, 0.5) is 0 Å². The van der Waals surface area contributed by atoms with Crippen LogP contribution in [-0.4, -0.2) is 47.3 Å². The van der Waals surface area contributed by atoms with Gasteiger partial charge in [0.2, 0.25) is 0 Å².